The molecular weight excluding hydrogens is 354 g/mol. The number of rotatable bonds is 5. The van der Waals surface area contributed by atoms with Gasteiger partial charge in [-0.2, -0.15) is 0 Å². The number of anilines is 2. The van der Waals surface area contributed by atoms with Crippen molar-refractivity contribution in [3.8, 4) is 0 Å². The van der Waals surface area contributed by atoms with Crippen molar-refractivity contribution in [1.29, 1.82) is 0 Å². The van der Waals surface area contributed by atoms with E-state index in [9.17, 15) is 8.42 Å². The van der Waals surface area contributed by atoms with E-state index in [1.165, 1.54) is 18.3 Å². The second-order valence-corrected chi connectivity index (χ2v) is 6.96. The summed E-state index contributed by atoms with van der Waals surface area (Å²) in [6.45, 7) is 4.44. The molecule has 0 radical (unpaired) electrons. The lowest BCUT2D eigenvalue weighted by atomic mass is 10.2. The largest absolute Gasteiger partial charge is 0.370 e. The Kier molecular flexibility index (Phi) is 4.84. The van der Waals surface area contributed by atoms with Crippen molar-refractivity contribution in [3.63, 3.8) is 0 Å². The lowest BCUT2D eigenvalue weighted by molar-refractivity contribution is 0.601. The minimum Gasteiger partial charge on any atom is -0.370 e. The monoisotopic (exact) mass is 369 g/mol. The van der Waals surface area contributed by atoms with E-state index in [-0.39, 0.29) is 4.90 Å². The Bertz CT molecular complexity index is 748. The standard InChI is InChI=1S/C14H16BrN3O2S/c1-3-16-14-9-11(7-8-17-14)21(19,20)18-13-6-4-5-12(15)10(13)2/h4-9,18H,3H2,1-2H3,(H,16,17). The number of hydrogen-bond acceptors (Lipinski definition) is 4. The number of aromatic nitrogens is 1. The zero-order valence-corrected chi connectivity index (χ0v) is 14.1. The highest BCUT2D eigenvalue weighted by atomic mass is 79.9. The van der Waals surface area contributed by atoms with Gasteiger partial charge in [0.2, 0.25) is 0 Å². The SMILES string of the molecule is CCNc1cc(S(=O)(=O)Nc2cccc(Br)c2C)ccn1. The Hall–Kier alpha value is -1.60. The van der Waals surface area contributed by atoms with Gasteiger partial charge in [0, 0.05) is 23.3 Å². The molecule has 0 bridgehead atoms. The third-order valence-corrected chi connectivity index (χ3v) is 5.13. The van der Waals surface area contributed by atoms with Gasteiger partial charge in [0.05, 0.1) is 10.6 Å². The number of nitrogens with one attached hydrogen (secondary N) is 2. The molecule has 0 saturated heterocycles. The normalized spacial score (nSPS) is 11.2. The van der Waals surface area contributed by atoms with Crippen molar-refractivity contribution >= 4 is 37.5 Å². The zero-order chi connectivity index (χ0) is 15.5. The first kappa shape index (κ1) is 15.8. The Balaban J connectivity index is 2.34. The van der Waals surface area contributed by atoms with Crippen LogP contribution in [0, 0.1) is 6.92 Å². The molecule has 0 atom stereocenters. The van der Waals surface area contributed by atoms with E-state index in [0.29, 0.717) is 18.1 Å². The first-order valence-corrected chi connectivity index (χ1v) is 8.69. The van der Waals surface area contributed by atoms with Crippen LogP contribution in [0.5, 0.6) is 0 Å². The molecule has 0 spiro atoms. The highest BCUT2D eigenvalue weighted by Gasteiger charge is 2.16. The van der Waals surface area contributed by atoms with Crippen molar-refractivity contribution in [2.75, 3.05) is 16.6 Å². The van der Waals surface area contributed by atoms with Crippen molar-refractivity contribution in [2.24, 2.45) is 0 Å². The number of benzene rings is 1. The molecule has 0 saturated carbocycles. The van der Waals surface area contributed by atoms with E-state index in [4.69, 9.17) is 0 Å². The summed E-state index contributed by atoms with van der Waals surface area (Å²) in [6.07, 6.45) is 1.47. The first-order valence-electron chi connectivity index (χ1n) is 6.42. The van der Waals surface area contributed by atoms with Gasteiger partial charge in [-0.15, -0.1) is 0 Å². The third-order valence-electron chi connectivity index (χ3n) is 2.91. The van der Waals surface area contributed by atoms with Crippen molar-refractivity contribution < 1.29 is 8.42 Å². The Morgan fingerprint density at radius 1 is 1.29 bits per heavy atom. The molecule has 0 unspecified atom stereocenters. The average molecular weight is 370 g/mol. The fourth-order valence-electron chi connectivity index (χ4n) is 1.78. The van der Waals surface area contributed by atoms with E-state index in [1.807, 2.05) is 19.9 Å². The van der Waals surface area contributed by atoms with Gasteiger partial charge in [-0.25, -0.2) is 13.4 Å². The Morgan fingerprint density at radius 3 is 2.76 bits per heavy atom. The number of halogens is 1. The minimum atomic E-state index is -3.64. The molecule has 2 N–H and O–H groups in total. The number of pyridine rings is 1. The maximum Gasteiger partial charge on any atom is 0.262 e. The van der Waals surface area contributed by atoms with Crippen LogP contribution in [0.2, 0.25) is 0 Å². The summed E-state index contributed by atoms with van der Waals surface area (Å²) in [5, 5.41) is 2.99. The molecule has 112 valence electrons. The quantitative estimate of drug-likeness (QED) is 0.847. The summed E-state index contributed by atoms with van der Waals surface area (Å²) >= 11 is 3.39. The van der Waals surface area contributed by atoms with Crippen molar-refractivity contribution in [3.05, 3.63) is 46.6 Å². The van der Waals surface area contributed by atoms with Crippen LogP contribution in [-0.2, 0) is 10.0 Å². The van der Waals surface area contributed by atoms with Gasteiger partial charge >= 0.3 is 0 Å². The summed E-state index contributed by atoms with van der Waals surface area (Å²) in [6, 6.07) is 8.36. The van der Waals surface area contributed by atoms with Crippen molar-refractivity contribution in [2.45, 2.75) is 18.7 Å². The molecule has 7 heteroatoms. The average Bonchev–Trinajstić information content (AvgIpc) is 2.44. The van der Waals surface area contributed by atoms with E-state index < -0.39 is 10.0 Å². The van der Waals surface area contributed by atoms with Gasteiger partial charge in [-0.3, -0.25) is 4.72 Å². The zero-order valence-electron chi connectivity index (χ0n) is 11.7. The Morgan fingerprint density at radius 2 is 2.05 bits per heavy atom. The van der Waals surface area contributed by atoms with Crippen LogP contribution >= 0.6 is 15.9 Å². The lowest BCUT2D eigenvalue weighted by Gasteiger charge is -2.12. The third kappa shape index (κ3) is 3.74. The highest BCUT2D eigenvalue weighted by molar-refractivity contribution is 9.10. The first-order chi connectivity index (χ1) is 9.94. The maximum atomic E-state index is 12.4. The van der Waals surface area contributed by atoms with Crippen LogP contribution in [0.4, 0.5) is 11.5 Å². The molecule has 1 aromatic carbocycles. The van der Waals surface area contributed by atoms with E-state index >= 15 is 0 Å². The summed E-state index contributed by atoms with van der Waals surface area (Å²) in [7, 11) is -3.64. The predicted octanol–water partition coefficient (Wildman–Crippen LogP) is 3.39. The van der Waals surface area contributed by atoms with Gasteiger partial charge in [0.1, 0.15) is 5.82 Å². The number of hydrogen-bond donors (Lipinski definition) is 2. The van der Waals surface area contributed by atoms with Gasteiger partial charge in [0.25, 0.3) is 10.0 Å². The summed E-state index contributed by atoms with van der Waals surface area (Å²) in [4.78, 5) is 4.24. The number of nitrogens with zero attached hydrogens (tertiary/aromatic N) is 1. The maximum absolute atomic E-state index is 12.4. The van der Waals surface area contributed by atoms with Crippen LogP contribution in [0.15, 0.2) is 45.9 Å². The lowest BCUT2D eigenvalue weighted by Crippen LogP contribution is -2.14. The van der Waals surface area contributed by atoms with Gasteiger partial charge in [0.15, 0.2) is 0 Å². The summed E-state index contributed by atoms with van der Waals surface area (Å²) < 4.78 is 28.3. The van der Waals surface area contributed by atoms with Crippen LogP contribution in [0.3, 0.4) is 0 Å². The molecule has 2 aromatic rings. The molecule has 2 rings (SSSR count). The molecule has 0 aliphatic rings. The van der Waals surface area contributed by atoms with Gasteiger partial charge in [-0.05, 0) is 37.6 Å². The molecular formula is C14H16BrN3O2S. The van der Waals surface area contributed by atoms with Crippen LogP contribution in [0.25, 0.3) is 0 Å². The summed E-state index contributed by atoms with van der Waals surface area (Å²) in [5.74, 6) is 0.534. The van der Waals surface area contributed by atoms with Crippen molar-refractivity contribution in [1.82, 2.24) is 4.98 Å². The smallest absolute Gasteiger partial charge is 0.262 e. The van der Waals surface area contributed by atoms with Gasteiger partial charge in [-0.1, -0.05) is 22.0 Å². The number of sulfonamides is 1. The molecule has 0 fully saturated rings. The topological polar surface area (TPSA) is 71.1 Å². The fraction of sp³-hybridized carbons (Fsp3) is 0.214. The van der Waals surface area contributed by atoms with E-state index in [2.05, 4.69) is 31.0 Å². The molecule has 21 heavy (non-hydrogen) atoms. The molecule has 1 heterocycles. The van der Waals surface area contributed by atoms with Crippen LogP contribution < -0.4 is 10.0 Å². The minimum absolute atomic E-state index is 0.174. The fourth-order valence-corrected chi connectivity index (χ4v) is 3.28. The van der Waals surface area contributed by atoms with Gasteiger partial charge < -0.3 is 5.32 Å². The Labute approximate surface area is 133 Å². The summed E-state index contributed by atoms with van der Waals surface area (Å²) in [5.41, 5.74) is 1.38. The highest BCUT2D eigenvalue weighted by Crippen LogP contribution is 2.26. The van der Waals surface area contributed by atoms with E-state index in [0.717, 1.165) is 10.0 Å². The van der Waals surface area contributed by atoms with Crippen LogP contribution in [-0.4, -0.2) is 19.9 Å². The molecule has 5 nitrogen and oxygen atoms in total. The van der Waals surface area contributed by atoms with E-state index in [1.54, 1.807) is 12.1 Å². The predicted molar refractivity (Wildman–Crippen MR) is 88.1 cm³/mol. The molecule has 1 aromatic heterocycles. The second kappa shape index (κ2) is 6.44. The molecule has 0 aliphatic carbocycles. The molecule has 0 aliphatic heterocycles. The molecule has 0 amide bonds. The second-order valence-electron chi connectivity index (χ2n) is 4.43. The van der Waals surface area contributed by atoms with Crippen LogP contribution in [0.1, 0.15) is 12.5 Å².